The molecule has 0 aromatic heterocycles. The Morgan fingerprint density at radius 3 is 2.44 bits per heavy atom. The van der Waals surface area contributed by atoms with E-state index in [1.807, 2.05) is 0 Å². The van der Waals surface area contributed by atoms with Crippen LogP contribution in [0.3, 0.4) is 0 Å². The molecule has 5 heteroatoms. The van der Waals surface area contributed by atoms with Gasteiger partial charge < -0.3 is 5.32 Å². The van der Waals surface area contributed by atoms with Crippen LogP contribution in [-0.4, -0.2) is 26.8 Å². The molecule has 0 saturated heterocycles. The first kappa shape index (κ1) is 15.5. The van der Waals surface area contributed by atoms with Gasteiger partial charge in [-0.05, 0) is 44.2 Å². The van der Waals surface area contributed by atoms with Gasteiger partial charge in [-0.25, -0.2) is 8.42 Å². The molecule has 0 saturated carbocycles. The van der Waals surface area contributed by atoms with Crippen LogP contribution < -0.4 is 5.32 Å². The van der Waals surface area contributed by atoms with Crippen molar-refractivity contribution in [3.8, 4) is 0 Å². The van der Waals surface area contributed by atoms with Crippen molar-refractivity contribution in [3.63, 3.8) is 0 Å². The lowest BCUT2D eigenvalue weighted by Crippen LogP contribution is -2.31. The molecule has 102 valence electrons. The molecule has 0 bridgehead atoms. The normalized spacial score (nSPS) is 13.5. The van der Waals surface area contributed by atoms with Crippen LogP contribution in [-0.2, 0) is 9.84 Å². The second-order valence-corrected chi connectivity index (χ2v) is 7.17. The Morgan fingerprint density at radius 1 is 1.28 bits per heavy atom. The fourth-order valence-electron chi connectivity index (χ4n) is 1.57. The van der Waals surface area contributed by atoms with Crippen molar-refractivity contribution in [2.45, 2.75) is 36.8 Å². The number of halogens is 1. The van der Waals surface area contributed by atoms with E-state index >= 15 is 0 Å². The fourth-order valence-corrected chi connectivity index (χ4v) is 3.02. The molecule has 0 heterocycles. The first-order chi connectivity index (χ1) is 8.48. The van der Waals surface area contributed by atoms with Gasteiger partial charge in [-0.2, -0.15) is 0 Å². The third-order valence-electron chi connectivity index (χ3n) is 2.81. The highest BCUT2D eigenvalue weighted by Gasteiger charge is 2.22. The number of sulfone groups is 1. The summed E-state index contributed by atoms with van der Waals surface area (Å²) in [5.74, 6) is 0. The van der Waals surface area contributed by atoms with E-state index < -0.39 is 15.1 Å². The van der Waals surface area contributed by atoms with Gasteiger partial charge in [0, 0.05) is 11.6 Å². The number of benzene rings is 1. The molecular formula is C13H20ClNO2S. The van der Waals surface area contributed by atoms with Gasteiger partial charge in [-0.3, -0.25) is 0 Å². The Kier molecular flexibility index (Phi) is 6.12. The summed E-state index contributed by atoms with van der Waals surface area (Å²) in [4.78, 5) is 0.330. The maximum absolute atomic E-state index is 12.2. The van der Waals surface area contributed by atoms with Crippen LogP contribution in [0.4, 0.5) is 0 Å². The number of hydrogen-bond acceptors (Lipinski definition) is 3. The number of rotatable bonds is 7. The van der Waals surface area contributed by atoms with E-state index in [2.05, 4.69) is 12.2 Å². The van der Waals surface area contributed by atoms with Gasteiger partial charge in [0.25, 0.3) is 0 Å². The number of unbranched alkanes of at least 4 members (excludes halogenated alkanes) is 1. The zero-order valence-corrected chi connectivity index (χ0v) is 12.4. The molecule has 0 amide bonds. The van der Waals surface area contributed by atoms with E-state index in [9.17, 15) is 8.42 Å². The molecule has 1 aromatic carbocycles. The largest absolute Gasteiger partial charge is 0.315 e. The molecule has 0 radical (unpaired) electrons. The Hall–Kier alpha value is -0.580. The zero-order chi connectivity index (χ0) is 13.6. The molecule has 0 aliphatic heterocycles. The molecule has 18 heavy (non-hydrogen) atoms. The topological polar surface area (TPSA) is 46.2 Å². The van der Waals surface area contributed by atoms with Gasteiger partial charge in [0.1, 0.15) is 0 Å². The van der Waals surface area contributed by atoms with Crippen molar-refractivity contribution < 1.29 is 8.42 Å². The molecule has 1 aromatic rings. The molecule has 0 fully saturated rings. The van der Waals surface area contributed by atoms with Crippen LogP contribution in [0.2, 0.25) is 5.02 Å². The summed E-state index contributed by atoms with van der Waals surface area (Å²) in [6.45, 7) is 5.17. The Morgan fingerprint density at radius 2 is 1.89 bits per heavy atom. The van der Waals surface area contributed by atoms with Crippen LogP contribution in [0.15, 0.2) is 29.2 Å². The van der Waals surface area contributed by atoms with Crippen molar-refractivity contribution in [2.24, 2.45) is 0 Å². The highest BCUT2D eigenvalue weighted by molar-refractivity contribution is 7.92. The van der Waals surface area contributed by atoms with Crippen LogP contribution in [0.1, 0.15) is 26.7 Å². The summed E-state index contributed by atoms with van der Waals surface area (Å²) in [6, 6.07) is 6.32. The highest BCUT2D eigenvalue weighted by Crippen LogP contribution is 2.18. The summed E-state index contributed by atoms with van der Waals surface area (Å²) in [6.07, 6.45) is 2.17. The first-order valence-electron chi connectivity index (χ1n) is 6.18. The quantitative estimate of drug-likeness (QED) is 0.785. The van der Waals surface area contributed by atoms with E-state index in [0.717, 1.165) is 19.4 Å². The maximum atomic E-state index is 12.2. The van der Waals surface area contributed by atoms with E-state index in [1.165, 1.54) is 0 Å². The first-order valence-corrected chi connectivity index (χ1v) is 8.11. The SMILES string of the molecule is CCCCNCC(C)S(=O)(=O)c1ccc(Cl)cc1. The van der Waals surface area contributed by atoms with Gasteiger partial charge in [-0.15, -0.1) is 0 Å². The van der Waals surface area contributed by atoms with Gasteiger partial charge in [0.05, 0.1) is 10.1 Å². The minimum Gasteiger partial charge on any atom is -0.315 e. The predicted octanol–water partition coefficient (Wildman–Crippen LogP) is 2.89. The summed E-state index contributed by atoms with van der Waals surface area (Å²) in [7, 11) is -3.26. The summed E-state index contributed by atoms with van der Waals surface area (Å²) in [5, 5.41) is 3.28. The zero-order valence-electron chi connectivity index (χ0n) is 10.8. The number of nitrogens with one attached hydrogen (secondary N) is 1. The van der Waals surface area contributed by atoms with E-state index in [-0.39, 0.29) is 0 Å². The molecule has 1 rings (SSSR count). The highest BCUT2D eigenvalue weighted by atomic mass is 35.5. The van der Waals surface area contributed by atoms with Gasteiger partial charge in [0.15, 0.2) is 9.84 Å². The average molecular weight is 290 g/mol. The Labute approximate surface area is 114 Å². The lowest BCUT2D eigenvalue weighted by molar-refractivity contribution is 0.567. The second kappa shape index (κ2) is 7.12. The summed E-state index contributed by atoms with van der Waals surface area (Å²) in [5.41, 5.74) is 0. The molecule has 1 atom stereocenters. The van der Waals surface area contributed by atoms with E-state index in [4.69, 9.17) is 11.6 Å². The van der Waals surface area contributed by atoms with Crippen LogP contribution in [0.25, 0.3) is 0 Å². The van der Waals surface area contributed by atoms with Gasteiger partial charge >= 0.3 is 0 Å². The fraction of sp³-hybridized carbons (Fsp3) is 0.538. The van der Waals surface area contributed by atoms with Crippen LogP contribution in [0, 0.1) is 0 Å². The smallest absolute Gasteiger partial charge is 0.182 e. The lowest BCUT2D eigenvalue weighted by Gasteiger charge is -2.14. The molecule has 1 N–H and O–H groups in total. The minimum atomic E-state index is -3.26. The lowest BCUT2D eigenvalue weighted by atomic mass is 10.3. The van der Waals surface area contributed by atoms with Gasteiger partial charge in [0.2, 0.25) is 0 Å². The molecule has 0 aliphatic rings. The number of hydrogen-bond donors (Lipinski definition) is 1. The van der Waals surface area contributed by atoms with Gasteiger partial charge in [-0.1, -0.05) is 24.9 Å². The summed E-state index contributed by atoms with van der Waals surface area (Å²) >= 11 is 5.75. The van der Waals surface area contributed by atoms with E-state index in [0.29, 0.717) is 16.5 Å². The predicted molar refractivity (Wildman–Crippen MR) is 75.9 cm³/mol. The maximum Gasteiger partial charge on any atom is 0.182 e. The van der Waals surface area contributed by atoms with Crippen molar-refractivity contribution in [1.29, 1.82) is 0 Å². The summed E-state index contributed by atoms with van der Waals surface area (Å²) < 4.78 is 24.4. The third-order valence-corrected chi connectivity index (χ3v) is 5.22. The van der Waals surface area contributed by atoms with Crippen molar-refractivity contribution in [3.05, 3.63) is 29.3 Å². The Bertz CT molecular complexity index is 456. The van der Waals surface area contributed by atoms with Crippen molar-refractivity contribution >= 4 is 21.4 Å². The van der Waals surface area contributed by atoms with Crippen molar-refractivity contribution in [2.75, 3.05) is 13.1 Å². The van der Waals surface area contributed by atoms with Crippen molar-refractivity contribution in [1.82, 2.24) is 5.32 Å². The second-order valence-electron chi connectivity index (χ2n) is 4.37. The van der Waals surface area contributed by atoms with Crippen LogP contribution in [0.5, 0.6) is 0 Å². The molecular weight excluding hydrogens is 270 g/mol. The molecule has 0 aliphatic carbocycles. The third kappa shape index (κ3) is 4.26. The minimum absolute atomic E-state index is 0.330. The standard InChI is InChI=1S/C13H20ClNO2S/c1-3-4-9-15-10-11(2)18(16,17)13-7-5-12(14)6-8-13/h5-8,11,15H,3-4,9-10H2,1-2H3. The van der Waals surface area contributed by atoms with E-state index in [1.54, 1.807) is 31.2 Å². The Balaban J connectivity index is 2.65. The van der Waals surface area contributed by atoms with Crippen LogP contribution >= 0.6 is 11.6 Å². The monoisotopic (exact) mass is 289 g/mol. The molecule has 0 spiro atoms. The molecule has 3 nitrogen and oxygen atoms in total. The average Bonchev–Trinajstić information content (AvgIpc) is 2.35. The molecule has 1 unspecified atom stereocenters.